The molecule has 2 aliphatic heterocycles. The Morgan fingerprint density at radius 3 is 1.98 bits per heavy atom. The molecule has 244 valence electrons. The first kappa shape index (κ1) is 31.6. The Bertz CT molecular complexity index is 2170. The summed E-state index contributed by atoms with van der Waals surface area (Å²) in [7, 11) is 0. The average Bonchev–Trinajstić information content (AvgIpc) is 3.37. The number of fused-ring (bicyclic) bond motifs is 2. The molecule has 0 aromatic heterocycles. The van der Waals surface area contributed by atoms with Crippen molar-refractivity contribution in [1.29, 1.82) is 0 Å². The zero-order valence-corrected chi connectivity index (χ0v) is 26.3. The highest BCUT2D eigenvalue weighted by molar-refractivity contribution is 6.40. The third-order valence-electron chi connectivity index (χ3n) is 8.48. The summed E-state index contributed by atoms with van der Waals surface area (Å²) in [4.78, 5) is 28.6. The molecule has 3 aliphatic rings. The van der Waals surface area contributed by atoms with E-state index in [9.17, 15) is 27.2 Å². The highest BCUT2D eigenvalue weighted by Crippen LogP contribution is 2.41. The van der Waals surface area contributed by atoms with Crippen molar-refractivity contribution < 1.29 is 36.6 Å². The third kappa shape index (κ3) is 5.77. The molecule has 0 bridgehead atoms. The molecule has 0 unspecified atom stereocenters. The number of benzene rings is 4. The van der Waals surface area contributed by atoms with Crippen LogP contribution in [0.1, 0.15) is 51.3 Å². The van der Waals surface area contributed by atoms with Gasteiger partial charge in [0.1, 0.15) is 23.9 Å². The molecule has 0 saturated carbocycles. The van der Waals surface area contributed by atoms with E-state index in [1.807, 2.05) is 91.9 Å². The minimum Gasteiger partial charge on any atom is -0.489 e. The molecule has 9 heteroatoms. The predicted molar refractivity (Wildman–Crippen MR) is 176 cm³/mol. The summed E-state index contributed by atoms with van der Waals surface area (Å²) in [6.07, 6.45) is 6.44. The molecule has 0 atom stereocenters. The highest BCUT2D eigenvalue weighted by Gasteiger charge is 2.43. The SMILES string of the molecule is CC1=CC(=C2C(=O)c3c(F)c(F)c(F)c(F)c3C2=O)C=C(C=C2C=C(C)c3ccc(OCc4ccccc4)cc3N2Cc2ccccc2)O1. The van der Waals surface area contributed by atoms with Gasteiger partial charge >= 0.3 is 0 Å². The van der Waals surface area contributed by atoms with Crippen molar-refractivity contribution in [3.8, 4) is 5.75 Å². The fraction of sp³-hybridized carbons (Fsp3) is 0.100. The summed E-state index contributed by atoms with van der Waals surface area (Å²) in [6.45, 7) is 4.40. The van der Waals surface area contributed by atoms with Crippen molar-refractivity contribution in [2.24, 2.45) is 0 Å². The molecule has 0 N–H and O–H groups in total. The summed E-state index contributed by atoms with van der Waals surface area (Å²) in [5.41, 5.74) is 2.67. The number of ether oxygens (including phenoxy) is 2. The Morgan fingerprint density at radius 1 is 0.735 bits per heavy atom. The second kappa shape index (κ2) is 12.6. The van der Waals surface area contributed by atoms with Gasteiger partial charge in [-0.05, 0) is 66.5 Å². The number of hydrogen-bond donors (Lipinski definition) is 0. The molecule has 0 fully saturated rings. The molecule has 0 amide bonds. The van der Waals surface area contributed by atoms with Crippen LogP contribution in [0.2, 0.25) is 0 Å². The minimum absolute atomic E-state index is 0.00969. The van der Waals surface area contributed by atoms with E-state index < -0.39 is 51.5 Å². The number of carbonyl (C=O) groups excluding carboxylic acids is 2. The summed E-state index contributed by atoms with van der Waals surface area (Å²) in [5, 5.41) is 0. The largest absolute Gasteiger partial charge is 0.489 e. The van der Waals surface area contributed by atoms with Gasteiger partial charge < -0.3 is 14.4 Å². The maximum atomic E-state index is 14.7. The van der Waals surface area contributed by atoms with E-state index in [0.717, 1.165) is 28.0 Å². The van der Waals surface area contributed by atoms with Crippen LogP contribution in [-0.2, 0) is 17.9 Å². The maximum absolute atomic E-state index is 14.7. The number of Topliss-reactive ketones (excluding diaryl/α,β-unsaturated/α-hetero) is 2. The van der Waals surface area contributed by atoms with Gasteiger partial charge in [-0.3, -0.25) is 9.59 Å². The molecule has 5 nitrogen and oxygen atoms in total. The van der Waals surface area contributed by atoms with E-state index in [1.54, 1.807) is 13.0 Å². The van der Waals surface area contributed by atoms with E-state index in [1.165, 1.54) is 12.2 Å². The van der Waals surface area contributed by atoms with Crippen LogP contribution in [0.5, 0.6) is 5.75 Å². The van der Waals surface area contributed by atoms with Crippen molar-refractivity contribution in [1.82, 2.24) is 0 Å². The number of nitrogens with zero attached hydrogens (tertiary/aromatic N) is 1. The minimum atomic E-state index is -2.16. The maximum Gasteiger partial charge on any atom is 0.201 e. The van der Waals surface area contributed by atoms with Crippen LogP contribution < -0.4 is 9.64 Å². The van der Waals surface area contributed by atoms with Gasteiger partial charge in [-0.15, -0.1) is 0 Å². The van der Waals surface area contributed by atoms with Crippen LogP contribution >= 0.6 is 0 Å². The third-order valence-corrected chi connectivity index (χ3v) is 8.48. The second-order valence-electron chi connectivity index (χ2n) is 11.8. The number of anilines is 1. The monoisotopic (exact) mass is 661 g/mol. The smallest absolute Gasteiger partial charge is 0.201 e. The van der Waals surface area contributed by atoms with Crippen molar-refractivity contribution in [2.75, 3.05) is 4.90 Å². The zero-order chi connectivity index (χ0) is 34.4. The molecule has 0 saturated heterocycles. The fourth-order valence-corrected chi connectivity index (χ4v) is 6.17. The molecule has 4 aromatic rings. The summed E-state index contributed by atoms with van der Waals surface area (Å²) in [6, 6.07) is 25.5. The Labute approximate surface area is 279 Å². The zero-order valence-electron chi connectivity index (χ0n) is 26.3. The lowest BCUT2D eigenvalue weighted by atomic mass is 9.96. The van der Waals surface area contributed by atoms with Gasteiger partial charge in [-0.2, -0.15) is 0 Å². The lowest BCUT2D eigenvalue weighted by Gasteiger charge is -2.33. The Hall–Kier alpha value is -5.96. The molecule has 2 heterocycles. The lowest BCUT2D eigenvalue weighted by molar-refractivity contribution is 0.0985. The Morgan fingerprint density at radius 2 is 1.35 bits per heavy atom. The molecule has 49 heavy (non-hydrogen) atoms. The Kier molecular flexibility index (Phi) is 8.12. The predicted octanol–water partition coefficient (Wildman–Crippen LogP) is 9.32. The quantitative estimate of drug-likeness (QED) is 0.0678. The van der Waals surface area contributed by atoms with Gasteiger partial charge in [0.2, 0.25) is 11.6 Å². The second-order valence-corrected chi connectivity index (χ2v) is 11.8. The van der Waals surface area contributed by atoms with Gasteiger partial charge in [0, 0.05) is 29.9 Å². The lowest BCUT2D eigenvalue weighted by Crippen LogP contribution is -2.25. The first-order valence-electron chi connectivity index (χ1n) is 15.4. The summed E-state index contributed by atoms with van der Waals surface area (Å²) >= 11 is 0. The number of hydrogen-bond acceptors (Lipinski definition) is 5. The first-order valence-corrected chi connectivity index (χ1v) is 15.4. The number of halogens is 4. The summed E-state index contributed by atoms with van der Waals surface area (Å²) < 4.78 is 69.5. The van der Waals surface area contributed by atoms with Crippen LogP contribution in [-0.4, -0.2) is 11.6 Å². The van der Waals surface area contributed by atoms with E-state index in [-0.39, 0.29) is 17.1 Å². The van der Waals surface area contributed by atoms with Crippen LogP contribution in [0.25, 0.3) is 5.57 Å². The van der Waals surface area contributed by atoms with Gasteiger partial charge in [0.25, 0.3) is 0 Å². The topological polar surface area (TPSA) is 55.8 Å². The van der Waals surface area contributed by atoms with Gasteiger partial charge in [0.05, 0.1) is 22.4 Å². The van der Waals surface area contributed by atoms with Crippen molar-refractivity contribution >= 4 is 22.8 Å². The molecular weight excluding hydrogens is 634 g/mol. The van der Waals surface area contributed by atoms with E-state index in [4.69, 9.17) is 9.47 Å². The van der Waals surface area contributed by atoms with E-state index >= 15 is 0 Å². The van der Waals surface area contributed by atoms with Crippen LogP contribution in [0, 0.1) is 23.3 Å². The van der Waals surface area contributed by atoms with Gasteiger partial charge in [-0.25, -0.2) is 17.6 Å². The number of ketones is 2. The molecule has 4 aromatic carbocycles. The fourth-order valence-electron chi connectivity index (χ4n) is 6.17. The van der Waals surface area contributed by atoms with Crippen molar-refractivity contribution in [2.45, 2.75) is 27.0 Å². The van der Waals surface area contributed by atoms with Crippen molar-refractivity contribution in [3.05, 3.63) is 183 Å². The van der Waals surface area contributed by atoms with Crippen LogP contribution in [0.3, 0.4) is 0 Å². The highest BCUT2D eigenvalue weighted by atomic mass is 19.2. The number of rotatable bonds is 6. The molecule has 1 aliphatic carbocycles. The van der Waals surface area contributed by atoms with Gasteiger partial charge in [-0.1, -0.05) is 60.7 Å². The van der Waals surface area contributed by atoms with E-state index in [2.05, 4.69) is 4.90 Å². The van der Waals surface area contributed by atoms with E-state index in [0.29, 0.717) is 24.6 Å². The Balaban J connectivity index is 1.30. The number of allylic oxidation sites excluding steroid dienone is 8. The van der Waals surface area contributed by atoms with Gasteiger partial charge in [0.15, 0.2) is 23.3 Å². The van der Waals surface area contributed by atoms with Crippen molar-refractivity contribution in [3.63, 3.8) is 0 Å². The molecule has 0 radical (unpaired) electrons. The molecule has 0 spiro atoms. The average molecular weight is 662 g/mol. The molecule has 7 rings (SSSR count). The first-order chi connectivity index (χ1) is 23.6. The number of carbonyl (C=O) groups is 2. The van der Waals surface area contributed by atoms with Crippen LogP contribution in [0.15, 0.2) is 132 Å². The summed E-state index contributed by atoms with van der Waals surface area (Å²) in [5.74, 6) is -9.46. The van der Waals surface area contributed by atoms with Crippen LogP contribution in [0.4, 0.5) is 23.2 Å². The molecular formula is C40H27F4NO4. The normalized spacial score (nSPS) is 16.2. The standard InChI is InChI=1S/C40H27F4NO4/c1-22-15-27(18-29-17-26(16-23(2)49-29)32-39(46)33-34(40(32)47)36(42)38(44)37(43)35(33)41)45(20-24-9-5-3-6-10-24)31-19-28(13-14-30(22)31)48-21-25-11-7-4-8-12-25/h3-19H,20-21H2,1-2H3.